The summed E-state index contributed by atoms with van der Waals surface area (Å²) in [5.41, 5.74) is 2.53. The molecule has 0 saturated carbocycles. The van der Waals surface area contributed by atoms with Gasteiger partial charge >= 0.3 is 0 Å². The lowest BCUT2D eigenvalue weighted by molar-refractivity contribution is -0.143. The Balaban J connectivity index is 1.75. The topological polar surface area (TPSA) is 74.2 Å². The molecule has 31 heavy (non-hydrogen) atoms. The summed E-state index contributed by atoms with van der Waals surface area (Å²) in [7, 11) is 3.99. The standard InChI is InChI=1S/C24H36N4O3/c1-17-9-6-7-10-21(17)22-13-20(31-26-22)14-24(11-8-12-28(16-24)19(3)29)23(30)25-18(2)15-27(4)5/h6-7,9-10,18,20H,8,11-16H2,1-5H3,(H,25,30)/t18-,20+,24+/m0/s1. The average Bonchev–Trinajstić information content (AvgIpc) is 3.15. The van der Waals surface area contributed by atoms with E-state index in [1.165, 1.54) is 0 Å². The van der Waals surface area contributed by atoms with Crippen molar-refractivity contribution in [3.63, 3.8) is 0 Å². The molecule has 0 bridgehead atoms. The van der Waals surface area contributed by atoms with Gasteiger partial charge in [-0.05, 0) is 46.3 Å². The number of hydrogen-bond acceptors (Lipinski definition) is 5. The number of carbonyl (C=O) groups is 2. The second kappa shape index (κ2) is 9.81. The van der Waals surface area contributed by atoms with E-state index in [2.05, 4.69) is 34.4 Å². The van der Waals surface area contributed by atoms with Crippen LogP contribution in [0.15, 0.2) is 29.4 Å². The number of aryl methyl sites for hydroxylation is 1. The Labute approximate surface area is 185 Å². The Morgan fingerprint density at radius 3 is 2.77 bits per heavy atom. The smallest absolute Gasteiger partial charge is 0.228 e. The number of piperidine rings is 1. The molecule has 0 aliphatic carbocycles. The van der Waals surface area contributed by atoms with Crippen LogP contribution in [0.4, 0.5) is 0 Å². The van der Waals surface area contributed by atoms with Gasteiger partial charge in [0, 0.05) is 51.0 Å². The van der Waals surface area contributed by atoms with E-state index in [0.717, 1.165) is 36.2 Å². The number of likely N-dealkylation sites (tertiary alicyclic amines) is 1. The molecule has 7 nitrogen and oxygen atoms in total. The monoisotopic (exact) mass is 428 g/mol. The summed E-state index contributed by atoms with van der Waals surface area (Å²) in [5, 5.41) is 7.55. The second-order valence-corrected chi connectivity index (χ2v) is 9.45. The fourth-order valence-corrected chi connectivity index (χ4v) is 4.84. The van der Waals surface area contributed by atoms with Gasteiger partial charge in [-0.2, -0.15) is 0 Å². The Hall–Kier alpha value is -2.41. The predicted octanol–water partition coefficient (Wildman–Crippen LogP) is 2.57. The van der Waals surface area contributed by atoms with E-state index in [1.807, 2.05) is 33.2 Å². The Bertz CT molecular complexity index is 838. The molecule has 2 amide bonds. The number of carbonyl (C=O) groups excluding carboxylic acids is 2. The van der Waals surface area contributed by atoms with Crippen molar-refractivity contribution >= 4 is 17.5 Å². The summed E-state index contributed by atoms with van der Waals surface area (Å²) in [6, 6.07) is 8.17. The summed E-state index contributed by atoms with van der Waals surface area (Å²) in [6.45, 7) is 7.56. The van der Waals surface area contributed by atoms with Gasteiger partial charge in [-0.3, -0.25) is 9.59 Å². The highest BCUT2D eigenvalue weighted by molar-refractivity contribution is 6.02. The van der Waals surface area contributed by atoms with Crippen LogP contribution in [0.5, 0.6) is 0 Å². The van der Waals surface area contributed by atoms with Crippen molar-refractivity contribution in [2.24, 2.45) is 10.6 Å². The van der Waals surface area contributed by atoms with E-state index in [4.69, 9.17) is 4.84 Å². The lowest BCUT2D eigenvalue weighted by Crippen LogP contribution is -2.56. The van der Waals surface area contributed by atoms with Crippen molar-refractivity contribution in [1.82, 2.24) is 15.1 Å². The molecule has 0 aromatic heterocycles. The maximum Gasteiger partial charge on any atom is 0.228 e. The minimum atomic E-state index is -0.661. The van der Waals surface area contributed by atoms with Crippen LogP contribution in [0.25, 0.3) is 0 Å². The number of amides is 2. The van der Waals surface area contributed by atoms with Gasteiger partial charge in [0.05, 0.1) is 11.1 Å². The van der Waals surface area contributed by atoms with Crippen molar-refractivity contribution in [3.05, 3.63) is 35.4 Å². The SMILES string of the molecule is CC(=O)N1CCC[C@](C[C@H]2CC(c3ccccc3C)=NO2)(C(=O)N[C@@H](C)CN(C)C)C1. The summed E-state index contributed by atoms with van der Waals surface area (Å²) < 4.78 is 0. The molecule has 1 N–H and O–H groups in total. The molecule has 1 fully saturated rings. The molecule has 0 radical (unpaired) electrons. The van der Waals surface area contributed by atoms with E-state index in [9.17, 15) is 9.59 Å². The van der Waals surface area contributed by atoms with Gasteiger partial charge in [0.25, 0.3) is 0 Å². The zero-order valence-electron chi connectivity index (χ0n) is 19.5. The van der Waals surface area contributed by atoms with E-state index >= 15 is 0 Å². The van der Waals surface area contributed by atoms with Crippen molar-refractivity contribution < 1.29 is 14.4 Å². The number of benzene rings is 1. The fraction of sp³-hybridized carbons (Fsp3) is 0.625. The summed E-state index contributed by atoms with van der Waals surface area (Å²) >= 11 is 0. The molecule has 0 unspecified atom stereocenters. The van der Waals surface area contributed by atoms with Gasteiger partial charge in [0.1, 0.15) is 6.10 Å². The predicted molar refractivity (Wildman–Crippen MR) is 122 cm³/mol. The van der Waals surface area contributed by atoms with E-state index in [0.29, 0.717) is 25.9 Å². The van der Waals surface area contributed by atoms with Crippen LogP contribution in [-0.2, 0) is 14.4 Å². The van der Waals surface area contributed by atoms with Crippen LogP contribution in [-0.4, -0.2) is 73.2 Å². The van der Waals surface area contributed by atoms with Gasteiger partial charge in [0.2, 0.25) is 11.8 Å². The molecule has 2 aliphatic rings. The number of nitrogens with one attached hydrogen (secondary N) is 1. The molecular formula is C24H36N4O3. The molecule has 0 spiro atoms. The van der Waals surface area contributed by atoms with Crippen molar-refractivity contribution in [2.45, 2.75) is 58.6 Å². The lowest BCUT2D eigenvalue weighted by Gasteiger charge is -2.42. The maximum atomic E-state index is 13.5. The normalized spacial score (nSPS) is 24.5. The third-order valence-electron chi connectivity index (χ3n) is 6.33. The fourth-order valence-electron chi connectivity index (χ4n) is 4.84. The number of rotatable bonds is 7. The molecule has 7 heteroatoms. The van der Waals surface area contributed by atoms with Crippen LogP contribution >= 0.6 is 0 Å². The van der Waals surface area contributed by atoms with Crippen LogP contribution < -0.4 is 5.32 Å². The van der Waals surface area contributed by atoms with Crippen LogP contribution in [0.3, 0.4) is 0 Å². The Morgan fingerprint density at radius 2 is 2.10 bits per heavy atom. The summed E-state index contributed by atoms with van der Waals surface area (Å²) in [4.78, 5) is 35.3. The van der Waals surface area contributed by atoms with Gasteiger partial charge in [-0.25, -0.2) is 0 Å². The number of oxime groups is 1. The highest BCUT2D eigenvalue weighted by atomic mass is 16.6. The molecule has 1 aromatic rings. The largest absolute Gasteiger partial charge is 0.392 e. The molecule has 2 heterocycles. The Kier molecular flexibility index (Phi) is 7.36. The Morgan fingerprint density at radius 1 is 1.35 bits per heavy atom. The highest BCUT2D eigenvalue weighted by Gasteiger charge is 2.46. The average molecular weight is 429 g/mol. The highest BCUT2D eigenvalue weighted by Crippen LogP contribution is 2.38. The third-order valence-corrected chi connectivity index (χ3v) is 6.33. The van der Waals surface area contributed by atoms with Crippen LogP contribution in [0.1, 0.15) is 50.7 Å². The quantitative estimate of drug-likeness (QED) is 0.724. The van der Waals surface area contributed by atoms with Crippen molar-refractivity contribution in [3.8, 4) is 0 Å². The molecular weight excluding hydrogens is 392 g/mol. The maximum absolute atomic E-state index is 13.5. The lowest BCUT2D eigenvalue weighted by atomic mass is 9.73. The molecule has 170 valence electrons. The third kappa shape index (κ3) is 5.64. The first-order valence-corrected chi connectivity index (χ1v) is 11.2. The first kappa shape index (κ1) is 23.3. The van der Waals surface area contributed by atoms with Crippen molar-refractivity contribution in [1.29, 1.82) is 0 Å². The summed E-state index contributed by atoms with van der Waals surface area (Å²) in [6.07, 6.45) is 2.62. The van der Waals surface area contributed by atoms with E-state index in [1.54, 1.807) is 11.8 Å². The first-order valence-electron chi connectivity index (χ1n) is 11.2. The zero-order chi connectivity index (χ0) is 22.6. The molecule has 3 rings (SSSR count). The van der Waals surface area contributed by atoms with Crippen molar-refractivity contribution in [2.75, 3.05) is 33.7 Å². The molecule has 1 aromatic carbocycles. The first-order chi connectivity index (χ1) is 14.7. The van der Waals surface area contributed by atoms with E-state index in [-0.39, 0.29) is 24.0 Å². The van der Waals surface area contributed by atoms with Gasteiger partial charge in [-0.15, -0.1) is 0 Å². The summed E-state index contributed by atoms with van der Waals surface area (Å²) in [5.74, 6) is 0.0307. The minimum absolute atomic E-state index is 0.0146. The number of nitrogens with zero attached hydrogens (tertiary/aromatic N) is 3. The molecule has 1 saturated heterocycles. The zero-order valence-corrected chi connectivity index (χ0v) is 19.5. The number of hydrogen-bond donors (Lipinski definition) is 1. The van der Waals surface area contributed by atoms with Gasteiger partial charge in [-0.1, -0.05) is 29.4 Å². The van der Waals surface area contributed by atoms with E-state index < -0.39 is 5.41 Å². The second-order valence-electron chi connectivity index (χ2n) is 9.45. The van der Waals surface area contributed by atoms with Gasteiger partial charge < -0.3 is 20.0 Å². The van der Waals surface area contributed by atoms with Crippen LogP contribution in [0.2, 0.25) is 0 Å². The number of likely N-dealkylation sites (N-methyl/N-ethyl adjacent to an activating group) is 1. The molecule has 3 atom stereocenters. The van der Waals surface area contributed by atoms with Crippen LogP contribution in [0, 0.1) is 12.3 Å². The molecule has 2 aliphatic heterocycles. The minimum Gasteiger partial charge on any atom is -0.392 e. The van der Waals surface area contributed by atoms with Gasteiger partial charge in [0.15, 0.2) is 0 Å².